The van der Waals surface area contributed by atoms with Crippen LogP contribution in [0.2, 0.25) is 0 Å². The number of urea groups is 1. The van der Waals surface area contributed by atoms with Crippen LogP contribution in [-0.4, -0.2) is 77.1 Å². The average molecular weight is 384 g/mol. The third-order valence-corrected chi connectivity index (χ3v) is 4.56. The Morgan fingerprint density at radius 3 is 2.54 bits per heavy atom. The molecular weight excluding hydrogens is 364 g/mol. The first-order valence-electron chi connectivity index (χ1n) is 8.68. The molecule has 0 radical (unpaired) electrons. The minimum Gasteiger partial charge on any atom is -0.872 e. The summed E-state index contributed by atoms with van der Waals surface area (Å²) in [4.78, 5) is 40.5. The van der Waals surface area contributed by atoms with Gasteiger partial charge in [0.25, 0.3) is 24.2 Å². The van der Waals surface area contributed by atoms with E-state index in [-0.39, 0.29) is 18.1 Å². The molecule has 1 N–H and O–H groups in total. The summed E-state index contributed by atoms with van der Waals surface area (Å²) in [5.41, 5.74) is 3.83. The van der Waals surface area contributed by atoms with Gasteiger partial charge in [-0.15, -0.1) is 5.75 Å². The van der Waals surface area contributed by atoms with Gasteiger partial charge in [0.05, 0.1) is 12.8 Å². The maximum absolute atomic E-state index is 12.4. The van der Waals surface area contributed by atoms with Gasteiger partial charge < -0.3 is 5.11 Å². The molecule has 1 atom stereocenters. The lowest BCUT2D eigenvalue weighted by Gasteiger charge is -2.29. The fraction of sp³-hybridized carbons (Fsp3) is 0.333. The van der Waals surface area contributed by atoms with Gasteiger partial charge in [0.2, 0.25) is 0 Å². The maximum Gasteiger partial charge on any atom is 0.389 e. The molecule has 0 aliphatic carbocycles. The second kappa shape index (κ2) is 7.53. The number of amides is 4. The zero-order chi connectivity index (χ0) is 20.4. The molecule has 2 aliphatic rings. The molecule has 1 aromatic rings. The first-order valence-corrected chi connectivity index (χ1v) is 8.68. The van der Waals surface area contributed by atoms with Crippen LogP contribution in [0.3, 0.4) is 0 Å². The zero-order valence-electron chi connectivity index (χ0n) is 15.7. The maximum atomic E-state index is 12.4. The van der Waals surface area contributed by atoms with Crippen molar-refractivity contribution in [1.82, 2.24) is 24.8 Å². The molecule has 10 nitrogen and oxygen atoms in total. The molecule has 10 heteroatoms. The van der Waals surface area contributed by atoms with E-state index in [0.29, 0.717) is 12.1 Å². The molecule has 1 fully saturated rings. The Morgan fingerprint density at radius 1 is 1.21 bits per heavy atom. The third kappa shape index (κ3) is 3.45. The minimum absolute atomic E-state index is 0.103. The molecule has 28 heavy (non-hydrogen) atoms. The number of hydrogen-bond acceptors (Lipinski definition) is 6. The Kier molecular flexibility index (Phi) is 5.14. The molecular formula is C18H20N6O4. The lowest BCUT2D eigenvalue weighted by Crippen LogP contribution is -2.63. The van der Waals surface area contributed by atoms with Crippen LogP contribution in [0.25, 0.3) is 0 Å². The Labute approximate surface area is 161 Å². The van der Waals surface area contributed by atoms with Crippen LogP contribution in [-0.2, 0) is 9.59 Å². The summed E-state index contributed by atoms with van der Waals surface area (Å²) < 4.78 is 4.11. The van der Waals surface area contributed by atoms with Gasteiger partial charge >= 0.3 is 11.9 Å². The Morgan fingerprint density at radius 2 is 1.89 bits per heavy atom. The van der Waals surface area contributed by atoms with Crippen molar-refractivity contribution >= 4 is 35.7 Å². The number of likely N-dealkylation sites (N-methyl/N-ethyl adjacent to an activating group) is 2. The molecule has 0 bridgehead atoms. The molecule has 3 rings (SSSR count). The highest BCUT2D eigenvalue weighted by atomic mass is 16.3. The van der Waals surface area contributed by atoms with Crippen LogP contribution in [0.4, 0.5) is 4.79 Å². The highest BCUT2D eigenvalue weighted by Crippen LogP contribution is 2.15. The van der Waals surface area contributed by atoms with Crippen LogP contribution < -0.4 is 15.2 Å². The summed E-state index contributed by atoms with van der Waals surface area (Å²) >= 11 is 0. The van der Waals surface area contributed by atoms with E-state index in [1.54, 1.807) is 12.1 Å². The molecule has 146 valence electrons. The first-order chi connectivity index (χ1) is 13.3. The lowest BCUT2D eigenvalue weighted by molar-refractivity contribution is -0.268. The van der Waals surface area contributed by atoms with Crippen molar-refractivity contribution in [3.8, 4) is 5.75 Å². The monoisotopic (exact) mass is 384 g/mol. The SMILES string of the molecule is CC/C(=N\NC(=O)CN1C=[N+]=C2C1C(=O)N(C)C(=O)N2C)c1ccc([O-])cc1. The zero-order valence-corrected chi connectivity index (χ0v) is 15.7. The number of carbonyl (C=O) groups is 3. The first kappa shape index (κ1) is 19.1. The predicted molar refractivity (Wildman–Crippen MR) is 100 cm³/mol. The summed E-state index contributed by atoms with van der Waals surface area (Å²) in [6, 6.07) is 4.87. The number of nitrogens with one attached hydrogen (secondary N) is 1. The van der Waals surface area contributed by atoms with Crippen molar-refractivity contribution in [2.24, 2.45) is 5.10 Å². The number of carbonyl (C=O) groups excluding carboxylic acids is 3. The van der Waals surface area contributed by atoms with Gasteiger partial charge in [-0.05, 0) is 12.0 Å². The number of amidine groups is 1. The molecule has 2 heterocycles. The van der Waals surface area contributed by atoms with Gasteiger partial charge in [-0.1, -0.05) is 31.2 Å². The van der Waals surface area contributed by atoms with Crippen LogP contribution in [0.15, 0.2) is 29.4 Å². The number of nitrogens with zero attached hydrogens (tertiary/aromatic N) is 5. The molecule has 1 aromatic carbocycles. The molecule has 2 aliphatic heterocycles. The Bertz CT molecular complexity index is 917. The van der Waals surface area contributed by atoms with Gasteiger partial charge in [0.15, 0.2) is 0 Å². The van der Waals surface area contributed by atoms with Gasteiger partial charge in [-0.25, -0.2) is 14.9 Å². The van der Waals surface area contributed by atoms with E-state index in [1.807, 2.05) is 6.92 Å². The number of benzene rings is 1. The fourth-order valence-corrected chi connectivity index (χ4v) is 3.00. The van der Waals surface area contributed by atoms with Crippen molar-refractivity contribution in [1.29, 1.82) is 0 Å². The van der Waals surface area contributed by atoms with Gasteiger partial charge in [-0.2, -0.15) is 10.0 Å². The fourth-order valence-electron chi connectivity index (χ4n) is 3.00. The van der Waals surface area contributed by atoms with E-state index in [1.165, 1.54) is 42.4 Å². The number of hydrogen-bond donors (Lipinski definition) is 1. The molecule has 1 saturated heterocycles. The van der Waals surface area contributed by atoms with E-state index in [2.05, 4.69) is 15.2 Å². The number of rotatable bonds is 5. The average Bonchev–Trinajstić information content (AvgIpc) is 3.10. The van der Waals surface area contributed by atoms with Gasteiger partial charge in [0.1, 0.15) is 6.54 Å². The summed E-state index contributed by atoms with van der Waals surface area (Å²) in [6.45, 7) is 1.73. The van der Waals surface area contributed by atoms with Gasteiger partial charge in [0, 0.05) is 7.05 Å². The van der Waals surface area contributed by atoms with Crippen molar-refractivity contribution in [3.63, 3.8) is 0 Å². The van der Waals surface area contributed by atoms with Crippen molar-refractivity contribution in [2.75, 3.05) is 20.6 Å². The highest BCUT2D eigenvalue weighted by Gasteiger charge is 2.53. The van der Waals surface area contributed by atoms with E-state index >= 15 is 0 Å². The summed E-state index contributed by atoms with van der Waals surface area (Å²) in [5.74, 6) is -0.696. The second-order valence-corrected chi connectivity index (χ2v) is 6.39. The van der Waals surface area contributed by atoms with Crippen LogP contribution in [0, 0.1) is 0 Å². The van der Waals surface area contributed by atoms with Crippen LogP contribution in [0.5, 0.6) is 5.75 Å². The third-order valence-electron chi connectivity index (χ3n) is 4.56. The largest absolute Gasteiger partial charge is 0.872 e. The predicted octanol–water partition coefficient (Wildman–Crippen LogP) is -1.31. The lowest BCUT2D eigenvalue weighted by atomic mass is 10.1. The van der Waals surface area contributed by atoms with E-state index < -0.39 is 23.9 Å². The van der Waals surface area contributed by atoms with Crippen molar-refractivity contribution < 1.29 is 19.5 Å². The quantitative estimate of drug-likeness (QED) is 0.384. The highest BCUT2D eigenvalue weighted by molar-refractivity contribution is 6.22. The Balaban J connectivity index is 1.67. The summed E-state index contributed by atoms with van der Waals surface area (Å²) in [5, 5.41) is 15.3. The topological polar surface area (TPSA) is 122 Å². The summed E-state index contributed by atoms with van der Waals surface area (Å²) in [6.07, 6.45) is 1.93. The van der Waals surface area contributed by atoms with E-state index in [9.17, 15) is 19.5 Å². The smallest absolute Gasteiger partial charge is 0.389 e. The standard InChI is InChI=1S/C18H20N6O4/c1-4-13(11-5-7-12(25)8-6-11)20-21-14(26)9-24-10-19-16-15(24)17(27)23(3)18(28)22(16)2/h5-8,10,15H,4,9H2,1-3H3,(H-,20,21,25,26). The molecule has 0 saturated carbocycles. The number of hydrazone groups is 1. The van der Waals surface area contributed by atoms with E-state index in [0.717, 1.165) is 10.5 Å². The molecule has 4 amide bonds. The Hall–Kier alpha value is -3.65. The number of fused-ring (bicyclic) bond motifs is 1. The van der Waals surface area contributed by atoms with Crippen LogP contribution >= 0.6 is 0 Å². The molecule has 0 aromatic heterocycles. The molecule has 1 unspecified atom stereocenters. The summed E-state index contributed by atoms with van der Waals surface area (Å²) in [7, 11) is 2.92. The van der Waals surface area contributed by atoms with Crippen molar-refractivity contribution in [3.05, 3.63) is 29.8 Å². The normalized spacial score (nSPS) is 19.1. The van der Waals surface area contributed by atoms with Gasteiger partial charge in [-0.3, -0.25) is 19.4 Å². The van der Waals surface area contributed by atoms with Crippen LogP contribution in [0.1, 0.15) is 18.9 Å². The van der Waals surface area contributed by atoms with Crippen molar-refractivity contribution in [2.45, 2.75) is 19.4 Å². The van der Waals surface area contributed by atoms with E-state index in [4.69, 9.17) is 0 Å². The second-order valence-electron chi connectivity index (χ2n) is 6.39. The number of imide groups is 1. The minimum atomic E-state index is -0.822. The molecule has 0 spiro atoms.